The number of phenols is 2. The third-order valence-corrected chi connectivity index (χ3v) is 6.13. The van der Waals surface area contributed by atoms with E-state index < -0.39 is 0 Å². The van der Waals surface area contributed by atoms with Crippen LogP contribution in [0.5, 0.6) is 17.2 Å². The maximum Gasteiger partial charge on any atom is 0.123 e. The lowest BCUT2D eigenvalue weighted by Crippen LogP contribution is -2.17. The van der Waals surface area contributed by atoms with Gasteiger partial charge in [-0.1, -0.05) is 102 Å². The van der Waals surface area contributed by atoms with Crippen molar-refractivity contribution in [1.82, 2.24) is 0 Å². The molecule has 2 aromatic carbocycles. The van der Waals surface area contributed by atoms with E-state index in [0.29, 0.717) is 11.5 Å². The molecule has 0 aliphatic heterocycles. The van der Waals surface area contributed by atoms with Gasteiger partial charge in [-0.15, -0.1) is 0 Å². The molecule has 0 bridgehead atoms. The van der Waals surface area contributed by atoms with Gasteiger partial charge < -0.3 is 14.9 Å². The molecule has 0 saturated carbocycles. The van der Waals surface area contributed by atoms with Crippen molar-refractivity contribution in [2.24, 2.45) is 0 Å². The van der Waals surface area contributed by atoms with Crippen molar-refractivity contribution in [2.75, 3.05) is 7.11 Å². The second-order valence-corrected chi connectivity index (χ2v) is 13.5. The molecule has 0 heterocycles. The molecule has 0 atom stereocenters. The van der Waals surface area contributed by atoms with Crippen LogP contribution in [0, 0.1) is 0 Å². The van der Waals surface area contributed by atoms with Gasteiger partial charge in [0.1, 0.15) is 17.2 Å². The summed E-state index contributed by atoms with van der Waals surface area (Å²) in [5, 5.41) is 20.9. The summed E-state index contributed by atoms with van der Waals surface area (Å²) < 4.78 is 5.33. The number of aromatic hydroxyl groups is 2. The topological polar surface area (TPSA) is 49.7 Å². The van der Waals surface area contributed by atoms with Crippen LogP contribution in [-0.4, -0.2) is 17.3 Å². The first-order valence-corrected chi connectivity index (χ1v) is 12.4. The Hall–Kier alpha value is -2.16. The van der Waals surface area contributed by atoms with Crippen LogP contribution in [0.25, 0.3) is 0 Å². The number of methoxy groups -OCH3 is 1. The Bertz CT molecular complexity index is 820. The summed E-state index contributed by atoms with van der Waals surface area (Å²) in [4.78, 5) is 0. The van der Waals surface area contributed by atoms with Gasteiger partial charge in [0.05, 0.1) is 7.11 Å². The second-order valence-electron chi connectivity index (χ2n) is 13.5. The Morgan fingerprint density at radius 2 is 0.824 bits per heavy atom. The average Bonchev–Trinajstić information content (AvgIpc) is 2.65. The third kappa shape index (κ3) is 7.42. The molecule has 0 aliphatic rings. The van der Waals surface area contributed by atoms with Gasteiger partial charge in [-0.25, -0.2) is 0 Å². The predicted molar refractivity (Wildman–Crippen MR) is 147 cm³/mol. The highest BCUT2D eigenvalue weighted by Gasteiger charge is 2.27. The van der Waals surface area contributed by atoms with E-state index in [1.54, 1.807) is 7.11 Å². The van der Waals surface area contributed by atoms with E-state index in [1.165, 1.54) is 5.56 Å². The van der Waals surface area contributed by atoms with Crippen molar-refractivity contribution in [1.29, 1.82) is 0 Å². The number of aryl methyl sites for hydroxylation is 1. The van der Waals surface area contributed by atoms with Gasteiger partial charge in [-0.05, 0) is 56.9 Å². The molecule has 0 radical (unpaired) electrons. The normalized spacial score (nSPS) is 12.8. The fourth-order valence-corrected chi connectivity index (χ4v) is 3.91. The molecular formula is C31H50O3. The highest BCUT2D eigenvalue weighted by atomic mass is 16.5. The Labute approximate surface area is 209 Å². The van der Waals surface area contributed by atoms with Crippen molar-refractivity contribution < 1.29 is 14.9 Å². The van der Waals surface area contributed by atoms with Crippen molar-refractivity contribution in [2.45, 2.75) is 118 Å². The molecule has 3 heteroatoms. The predicted octanol–water partition coefficient (Wildman–Crippen LogP) is 8.55. The molecule has 2 N–H and O–H groups in total. The summed E-state index contributed by atoms with van der Waals surface area (Å²) in [5.74, 6) is 1.67. The molecule has 0 aromatic heterocycles. The molecule has 0 unspecified atom stereocenters. The molecule has 192 valence electrons. The number of phenolic OH excluding ortho intramolecular Hbond substituents is 2. The summed E-state index contributed by atoms with van der Waals surface area (Å²) >= 11 is 0. The maximum absolute atomic E-state index is 10.5. The minimum atomic E-state index is -0.0986. The second kappa shape index (κ2) is 10.2. The zero-order valence-electron chi connectivity index (χ0n) is 24.3. The lowest BCUT2D eigenvalue weighted by molar-refractivity contribution is 0.395. The minimum absolute atomic E-state index is 0.0186. The largest absolute Gasteiger partial charge is 0.507 e. The van der Waals surface area contributed by atoms with Gasteiger partial charge in [-0.3, -0.25) is 0 Å². The van der Waals surface area contributed by atoms with Gasteiger partial charge in [0.15, 0.2) is 0 Å². The van der Waals surface area contributed by atoms with Crippen LogP contribution in [0.1, 0.15) is 118 Å². The molecule has 0 saturated heterocycles. The lowest BCUT2D eigenvalue weighted by Gasteiger charge is -2.28. The monoisotopic (exact) mass is 470 g/mol. The molecule has 3 nitrogen and oxygen atoms in total. The molecule has 0 amide bonds. The van der Waals surface area contributed by atoms with Gasteiger partial charge in [-0.2, -0.15) is 0 Å². The van der Waals surface area contributed by atoms with Gasteiger partial charge in [0, 0.05) is 11.1 Å². The fourth-order valence-electron chi connectivity index (χ4n) is 3.91. The van der Waals surface area contributed by atoms with Crippen LogP contribution in [0.2, 0.25) is 0 Å². The minimum Gasteiger partial charge on any atom is -0.507 e. The van der Waals surface area contributed by atoms with Crippen LogP contribution in [0.4, 0.5) is 0 Å². The number of hydrogen-bond donors (Lipinski definition) is 2. The summed E-state index contributed by atoms with van der Waals surface area (Å²) in [6, 6.07) is 8.13. The van der Waals surface area contributed by atoms with Crippen molar-refractivity contribution in [3.63, 3.8) is 0 Å². The number of rotatable bonds is 2. The molecular weight excluding hydrogens is 420 g/mol. The molecule has 2 aromatic rings. The summed E-state index contributed by atoms with van der Waals surface area (Å²) in [6.07, 6.45) is 1.01. The molecule has 34 heavy (non-hydrogen) atoms. The Kier molecular flexibility index (Phi) is 8.98. The van der Waals surface area contributed by atoms with Crippen LogP contribution >= 0.6 is 0 Å². The molecule has 0 aliphatic carbocycles. The number of benzene rings is 2. The summed E-state index contributed by atoms with van der Waals surface area (Å²) in [7, 11) is 1.66. The molecule has 0 spiro atoms. The highest BCUT2D eigenvalue weighted by molar-refractivity contribution is 5.52. The van der Waals surface area contributed by atoms with Gasteiger partial charge in [0.2, 0.25) is 0 Å². The smallest absolute Gasteiger partial charge is 0.123 e. The Morgan fingerprint density at radius 1 is 0.559 bits per heavy atom. The lowest BCUT2D eigenvalue weighted by atomic mass is 9.78. The first-order chi connectivity index (χ1) is 15.1. The average molecular weight is 471 g/mol. The third-order valence-electron chi connectivity index (χ3n) is 6.13. The standard InChI is InChI=1S/C16H26O.C15H24O2/c1-8-11-9-12(15(2,3)4)14(17)13(10-11)16(5,6)7;1-14(2,3)11-8-10(17-7)9-12(13(11)16)15(4,5)6/h9-10,17H,8H2,1-7H3;8-9,16H,1-7H3. The van der Waals surface area contributed by atoms with Crippen molar-refractivity contribution in [3.05, 3.63) is 52.1 Å². The number of hydrogen-bond acceptors (Lipinski definition) is 3. The van der Waals surface area contributed by atoms with E-state index in [4.69, 9.17) is 4.74 Å². The van der Waals surface area contributed by atoms with Crippen LogP contribution < -0.4 is 4.74 Å². The van der Waals surface area contributed by atoms with Crippen LogP contribution in [-0.2, 0) is 28.1 Å². The van der Waals surface area contributed by atoms with Gasteiger partial charge in [0.25, 0.3) is 0 Å². The van der Waals surface area contributed by atoms with E-state index in [0.717, 1.165) is 34.4 Å². The quantitative estimate of drug-likeness (QED) is 0.462. The van der Waals surface area contributed by atoms with E-state index in [1.807, 2.05) is 12.1 Å². The van der Waals surface area contributed by atoms with E-state index in [9.17, 15) is 10.2 Å². The highest BCUT2D eigenvalue weighted by Crippen LogP contribution is 2.42. The van der Waals surface area contributed by atoms with Crippen LogP contribution in [0.3, 0.4) is 0 Å². The Morgan fingerprint density at radius 3 is 1.03 bits per heavy atom. The van der Waals surface area contributed by atoms with Gasteiger partial charge >= 0.3 is 0 Å². The fraction of sp³-hybridized carbons (Fsp3) is 0.613. The zero-order valence-corrected chi connectivity index (χ0v) is 24.3. The van der Waals surface area contributed by atoms with Crippen LogP contribution in [0.15, 0.2) is 24.3 Å². The molecule has 0 fully saturated rings. The zero-order chi connectivity index (χ0) is 26.9. The Balaban J connectivity index is 0.000000340. The van der Waals surface area contributed by atoms with E-state index >= 15 is 0 Å². The summed E-state index contributed by atoms with van der Waals surface area (Å²) in [6.45, 7) is 27.6. The number of ether oxygens (including phenoxy) is 1. The first kappa shape index (κ1) is 29.9. The molecule has 2 rings (SSSR count). The summed E-state index contributed by atoms with van der Waals surface area (Å²) in [5.41, 5.74) is 5.05. The first-order valence-electron chi connectivity index (χ1n) is 12.4. The maximum atomic E-state index is 10.5. The van der Waals surface area contributed by atoms with Crippen molar-refractivity contribution >= 4 is 0 Å². The van der Waals surface area contributed by atoms with E-state index in [2.05, 4.69) is 102 Å². The SMILES string of the molecule is CCc1cc(C(C)(C)C)c(O)c(C(C)(C)C)c1.COc1cc(C(C)(C)C)c(O)c(C(C)(C)C)c1. The van der Waals surface area contributed by atoms with E-state index in [-0.39, 0.29) is 21.7 Å². The van der Waals surface area contributed by atoms with Crippen molar-refractivity contribution in [3.8, 4) is 17.2 Å².